The summed E-state index contributed by atoms with van der Waals surface area (Å²) in [6.07, 6.45) is 1.73. The molecule has 0 saturated carbocycles. The predicted molar refractivity (Wildman–Crippen MR) is 54.2 cm³/mol. The summed E-state index contributed by atoms with van der Waals surface area (Å²) in [6.45, 7) is 8.20. The molecule has 0 fully saturated rings. The Morgan fingerprint density at radius 1 is 1.64 bits per heavy atom. The van der Waals surface area contributed by atoms with E-state index in [1.165, 1.54) is 0 Å². The van der Waals surface area contributed by atoms with Crippen molar-refractivity contribution >= 4 is 0 Å². The van der Waals surface area contributed by atoms with Crippen LogP contribution in [-0.2, 0) is 4.74 Å². The second kappa shape index (κ2) is 5.78. The van der Waals surface area contributed by atoms with Gasteiger partial charge in [0.25, 0.3) is 0 Å². The van der Waals surface area contributed by atoms with Gasteiger partial charge in [0.1, 0.15) is 5.76 Å². The lowest BCUT2D eigenvalue weighted by Gasteiger charge is -2.09. The van der Waals surface area contributed by atoms with E-state index in [1.54, 1.807) is 6.20 Å². The Kier molecular flexibility index (Phi) is 4.62. The molecule has 1 rings (SSSR count). The van der Waals surface area contributed by atoms with Crippen LogP contribution >= 0.6 is 0 Å². The van der Waals surface area contributed by atoms with E-state index in [-0.39, 0.29) is 6.04 Å². The van der Waals surface area contributed by atoms with E-state index >= 15 is 0 Å². The van der Waals surface area contributed by atoms with E-state index < -0.39 is 0 Å². The number of nitrogens with one attached hydrogen (secondary N) is 1. The van der Waals surface area contributed by atoms with E-state index in [9.17, 15) is 0 Å². The fraction of sp³-hybridized carbons (Fsp3) is 0.700. The van der Waals surface area contributed by atoms with Gasteiger partial charge in [-0.3, -0.25) is 0 Å². The molecular formula is C10H18N2O2. The number of aryl methyl sites for hydroxylation is 1. The molecule has 0 spiro atoms. The summed E-state index contributed by atoms with van der Waals surface area (Å²) in [7, 11) is 0. The topological polar surface area (TPSA) is 47.3 Å². The van der Waals surface area contributed by atoms with Crippen LogP contribution in [0.3, 0.4) is 0 Å². The van der Waals surface area contributed by atoms with Crippen LogP contribution in [0.5, 0.6) is 0 Å². The highest BCUT2D eigenvalue weighted by molar-refractivity contribution is 4.94. The molecule has 14 heavy (non-hydrogen) atoms. The van der Waals surface area contributed by atoms with Gasteiger partial charge in [0.15, 0.2) is 0 Å². The summed E-state index contributed by atoms with van der Waals surface area (Å²) in [5.74, 6) is 1.58. The van der Waals surface area contributed by atoms with Gasteiger partial charge in [-0.25, -0.2) is 4.98 Å². The third-order valence-corrected chi connectivity index (χ3v) is 1.91. The van der Waals surface area contributed by atoms with E-state index in [0.717, 1.165) is 31.4 Å². The first kappa shape index (κ1) is 11.2. The molecule has 4 heteroatoms. The molecule has 1 aromatic heterocycles. The van der Waals surface area contributed by atoms with Gasteiger partial charge >= 0.3 is 0 Å². The predicted octanol–water partition coefficient (Wildman–Crippen LogP) is 1.67. The monoisotopic (exact) mass is 198 g/mol. The number of nitrogens with zero attached hydrogens (tertiary/aromatic N) is 1. The zero-order valence-electron chi connectivity index (χ0n) is 9.04. The van der Waals surface area contributed by atoms with Gasteiger partial charge in [0, 0.05) is 13.2 Å². The fourth-order valence-corrected chi connectivity index (χ4v) is 1.15. The Morgan fingerprint density at radius 3 is 3.00 bits per heavy atom. The van der Waals surface area contributed by atoms with Crippen LogP contribution in [0.1, 0.15) is 31.5 Å². The standard InChI is InChI=1S/C10H18N2O2/c1-4-13-6-5-11-9(3)10-12-7-8(2)14-10/h7,9,11H,4-6H2,1-3H3. The minimum atomic E-state index is 0.143. The van der Waals surface area contributed by atoms with Crippen molar-refractivity contribution in [2.45, 2.75) is 26.8 Å². The van der Waals surface area contributed by atoms with Gasteiger partial charge in [-0.05, 0) is 20.8 Å². The number of aromatic nitrogens is 1. The molecule has 0 amide bonds. The SMILES string of the molecule is CCOCCNC(C)c1ncc(C)o1. The highest BCUT2D eigenvalue weighted by atomic mass is 16.5. The third kappa shape index (κ3) is 3.47. The zero-order valence-corrected chi connectivity index (χ0v) is 9.04. The number of hydrogen-bond donors (Lipinski definition) is 1. The van der Waals surface area contributed by atoms with Gasteiger partial charge in [-0.15, -0.1) is 0 Å². The zero-order chi connectivity index (χ0) is 10.4. The maximum Gasteiger partial charge on any atom is 0.211 e. The lowest BCUT2D eigenvalue weighted by molar-refractivity contribution is 0.146. The number of ether oxygens (including phenoxy) is 1. The first-order chi connectivity index (χ1) is 6.74. The molecule has 1 atom stereocenters. The van der Waals surface area contributed by atoms with Gasteiger partial charge in [0.2, 0.25) is 5.89 Å². The van der Waals surface area contributed by atoms with E-state index in [1.807, 2.05) is 20.8 Å². The van der Waals surface area contributed by atoms with Crippen molar-refractivity contribution in [3.63, 3.8) is 0 Å². The molecule has 4 nitrogen and oxygen atoms in total. The first-order valence-corrected chi connectivity index (χ1v) is 4.97. The Hall–Kier alpha value is -0.870. The number of hydrogen-bond acceptors (Lipinski definition) is 4. The third-order valence-electron chi connectivity index (χ3n) is 1.91. The van der Waals surface area contributed by atoms with Crippen LogP contribution in [0.25, 0.3) is 0 Å². The molecule has 0 aliphatic carbocycles. The summed E-state index contributed by atoms with van der Waals surface area (Å²) >= 11 is 0. The van der Waals surface area contributed by atoms with Crippen molar-refractivity contribution in [3.8, 4) is 0 Å². The van der Waals surface area contributed by atoms with Gasteiger partial charge in [0.05, 0.1) is 18.8 Å². The van der Waals surface area contributed by atoms with E-state index in [2.05, 4.69) is 10.3 Å². The lowest BCUT2D eigenvalue weighted by atomic mass is 10.3. The van der Waals surface area contributed by atoms with Crippen LogP contribution in [0.2, 0.25) is 0 Å². The molecule has 1 unspecified atom stereocenters. The van der Waals surface area contributed by atoms with E-state index in [0.29, 0.717) is 0 Å². The molecular weight excluding hydrogens is 180 g/mol. The minimum absolute atomic E-state index is 0.143. The van der Waals surface area contributed by atoms with Crippen molar-refractivity contribution < 1.29 is 9.15 Å². The van der Waals surface area contributed by atoms with Crippen LogP contribution in [0.4, 0.5) is 0 Å². The quantitative estimate of drug-likeness (QED) is 0.706. The maximum atomic E-state index is 5.39. The van der Waals surface area contributed by atoms with Crippen LogP contribution in [0, 0.1) is 6.92 Å². The molecule has 0 aliphatic heterocycles. The molecule has 0 saturated heterocycles. The van der Waals surface area contributed by atoms with Gasteiger partial charge < -0.3 is 14.5 Å². The minimum Gasteiger partial charge on any atom is -0.444 e. The highest BCUT2D eigenvalue weighted by Crippen LogP contribution is 2.10. The summed E-state index contributed by atoms with van der Waals surface area (Å²) in [5.41, 5.74) is 0. The maximum absolute atomic E-state index is 5.39. The van der Waals surface area contributed by atoms with Crippen molar-refractivity contribution in [2.75, 3.05) is 19.8 Å². The molecule has 1 heterocycles. The van der Waals surface area contributed by atoms with Crippen molar-refractivity contribution in [1.29, 1.82) is 0 Å². The average molecular weight is 198 g/mol. The largest absolute Gasteiger partial charge is 0.444 e. The van der Waals surface area contributed by atoms with Gasteiger partial charge in [-0.2, -0.15) is 0 Å². The van der Waals surface area contributed by atoms with Crippen molar-refractivity contribution in [2.24, 2.45) is 0 Å². The van der Waals surface area contributed by atoms with Crippen molar-refractivity contribution in [3.05, 3.63) is 17.8 Å². The summed E-state index contributed by atoms with van der Waals surface area (Å²) in [5, 5.41) is 3.27. The molecule has 0 aromatic carbocycles. The highest BCUT2D eigenvalue weighted by Gasteiger charge is 2.09. The smallest absolute Gasteiger partial charge is 0.211 e. The molecule has 1 aromatic rings. The Morgan fingerprint density at radius 2 is 2.43 bits per heavy atom. The number of oxazole rings is 1. The summed E-state index contributed by atoms with van der Waals surface area (Å²) < 4.78 is 10.6. The lowest BCUT2D eigenvalue weighted by Crippen LogP contribution is -2.23. The second-order valence-corrected chi connectivity index (χ2v) is 3.18. The van der Waals surface area contributed by atoms with Crippen molar-refractivity contribution in [1.82, 2.24) is 10.3 Å². The Bertz CT molecular complexity index is 260. The molecule has 0 bridgehead atoms. The first-order valence-electron chi connectivity index (χ1n) is 4.97. The normalized spacial score (nSPS) is 13.1. The Balaban J connectivity index is 2.25. The van der Waals surface area contributed by atoms with Crippen LogP contribution in [0.15, 0.2) is 10.6 Å². The molecule has 0 radical (unpaired) electrons. The number of rotatable bonds is 6. The Labute approximate surface area is 84.7 Å². The molecule has 80 valence electrons. The average Bonchev–Trinajstić information content (AvgIpc) is 2.59. The van der Waals surface area contributed by atoms with Crippen LogP contribution < -0.4 is 5.32 Å². The van der Waals surface area contributed by atoms with Gasteiger partial charge in [-0.1, -0.05) is 0 Å². The summed E-state index contributed by atoms with van der Waals surface area (Å²) in [6, 6.07) is 0.143. The van der Waals surface area contributed by atoms with Crippen LogP contribution in [-0.4, -0.2) is 24.7 Å². The van der Waals surface area contributed by atoms with E-state index in [4.69, 9.17) is 9.15 Å². The summed E-state index contributed by atoms with van der Waals surface area (Å²) in [4.78, 5) is 4.14. The second-order valence-electron chi connectivity index (χ2n) is 3.18. The fourth-order valence-electron chi connectivity index (χ4n) is 1.15. The molecule has 0 aliphatic rings. The molecule has 1 N–H and O–H groups in total.